The van der Waals surface area contributed by atoms with Crippen molar-refractivity contribution in [1.29, 1.82) is 0 Å². The molecular weight excluding hydrogens is 374 g/mol. The molecule has 2 N–H and O–H groups in total. The van der Waals surface area contributed by atoms with Crippen LogP contribution in [0.25, 0.3) is 0 Å². The number of hydrogen-bond acceptors (Lipinski definition) is 5. The lowest BCUT2D eigenvalue weighted by Crippen LogP contribution is -2.27. The molecule has 29 heavy (non-hydrogen) atoms. The van der Waals surface area contributed by atoms with Gasteiger partial charge in [0.2, 0.25) is 0 Å². The van der Waals surface area contributed by atoms with E-state index in [-0.39, 0.29) is 17.3 Å². The van der Waals surface area contributed by atoms with E-state index in [1.165, 1.54) is 12.1 Å². The van der Waals surface area contributed by atoms with E-state index in [2.05, 4.69) is 15.5 Å². The zero-order valence-corrected chi connectivity index (χ0v) is 15.8. The molecule has 2 aliphatic rings. The van der Waals surface area contributed by atoms with Crippen molar-refractivity contribution in [1.82, 2.24) is 5.32 Å². The molecule has 0 atom stereocenters. The van der Waals surface area contributed by atoms with Gasteiger partial charge in [0, 0.05) is 49.7 Å². The number of non-ortho nitro benzene ring substituents is 1. The van der Waals surface area contributed by atoms with Gasteiger partial charge in [0.1, 0.15) is 0 Å². The number of hydrogen-bond donors (Lipinski definition) is 2. The molecule has 0 bridgehead atoms. The molecule has 0 saturated carbocycles. The molecular formula is C20H21N5O4. The first kappa shape index (κ1) is 18.7. The van der Waals surface area contributed by atoms with Gasteiger partial charge in [-0.05, 0) is 43.2 Å². The summed E-state index contributed by atoms with van der Waals surface area (Å²) < 4.78 is 0. The van der Waals surface area contributed by atoms with Crippen LogP contribution >= 0.6 is 0 Å². The van der Waals surface area contributed by atoms with Gasteiger partial charge < -0.3 is 15.5 Å². The molecule has 0 aromatic heterocycles. The van der Waals surface area contributed by atoms with E-state index in [0.29, 0.717) is 24.5 Å². The minimum Gasteiger partial charge on any atom is -0.371 e. The molecule has 9 nitrogen and oxygen atoms in total. The van der Waals surface area contributed by atoms with Crippen molar-refractivity contribution < 1.29 is 14.5 Å². The summed E-state index contributed by atoms with van der Waals surface area (Å²) in [5.74, 6) is -0.401. The van der Waals surface area contributed by atoms with Crippen LogP contribution in [0.1, 0.15) is 23.2 Å². The first-order valence-corrected chi connectivity index (χ1v) is 9.53. The van der Waals surface area contributed by atoms with Crippen molar-refractivity contribution in [3.05, 3.63) is 58.1 Å². The van der Waals surface area contributed by atoms with E-state index >= 15 is 0 Å². The van der Waals surface area contributed by atoms with Crippen LogP contribution in [0.15, 0.2) is 42.5 Å². The predicted octanol–water partition coefficient (Wildman–Crippen LogP) is 2.98. The number of anilines is 3. The lowest BCUT2D eigenvalue weighted by atomic mass is 10.1. The number of nitrogens with one attached hydrogen (secondary N) is 2. The number of benzene rings is 2. The van der Waals surface area contributed by atoms with Crippen LogP contribution in [-0.4, -0.2) is 43.0 Å². The van der Waals surface area contributed by atoms with Crippen LogP contribution in [0.2, 0.25) is 0 Å². The minimum absolute atomic E-state index is 0.117. The number of carbonyl (C=O) groups is 2. The van der Waals surface area contributed by atoms with Crippen LogP contribution in [0.4, 0.5) is 27.5 Å². The fourth-order valence-electron chi connectivity index (χ4n) is 3.69. The number of nitro groups is 1. The normalized spacial score (nSPS) is 16.1. The van der Waals surface area contributed by atoms with E-state index < -0.39 is 10.8 Å². The largest absolute Gasteiger partial charge is 0.371 e. The molecule has 4 rings (SSSR count). The Hall–Kier alpha value is -3.62. The van der Waals surface area contributed by atoms with Crippen LogP contribution in [0.5, 0.6) is 0 Å². The lowest BCUT2D eigenvalue weighted by molar-refractivity contribution is -0.384. The monoisotopic (exact) mass is 395 g/mol. The van der Waals surface area contributed by atoms with Gasteiger partial charge in [0.15, 0.2) is 0 Å². The topological polar surface area (TPSA) is 108 Å². The van der Waals surface area contributed by atoms with Crippen molar-refractivity contribution in [2.75, 3.05) is 41.3 Å². The Bertz CT molecular complexity index is 954. The van der Waals surface area contributed by atoms with Gasteiger partial charge in [0.05, 0.1) is 16.2 Å². The number of amides is 3. The molecule has 0 radical (unpaired) electrons. The second-order valence-electron chi connectivity index (χ2n) is 7.04. The van der Waals surface area contributed by atoms with Crippen molar-refractivity contribution in [2.24, 2.45) is 0 Å². The third kappa shape index (κ3) is 3.84. The Labute approximate surface area is 167 Å². The zero-order valence-electron chi connectivity index (χ0n) is 15.8. The number of nitro benzene ring substituents is 1. The summed E-state index contributed by atoms with van der Waals surface area (Å²) in [6, 6.07) is 11.2. The summed E-state index contributed by atoms with van der Waals surface area (Å²) in [6.45, 7) is 2.84. The average molecular weight is 395 g/mol. The molecule has 2 aromatic rings. The smallest absolute Gasteiger partial charge is 0.321 e. The fourth-order valence-corrected chi connectivity index (χ4v) is 3.69. The van der Waals surface area contributed by atoms with Gasteiger partial charge in [-0.3, -0.25) is 19.8 Å². The highest BCUT2D eigenvalue weighted by atomic mass is 16.6. The maximum atomic E-state index is 12.9. The molecule has 0 unspecified atom stereocenters. The summed E-state index contributed by atoms with van der Waals surface area (Å²) >= 11 is 0. The third-order valence-corrected chi connectivity index (χ3v) is 5.18. The highest BCUT2D eigenvalue weighted by Gasteiger charge is 2.23. The van der Waals surface area contributed by atoms with E-state index in [1.807, 2.05) is 0 Å². The first-order chi connectivity index (χ1) is 14.0. The van der Waals surface area contributed by atoms with Crippen molar-refractivity contribution in [2.45, 2.75) is 12.8 Å². The molecule has 0 spiro atoms. The van der Waals surface area contributed by atoms with Crippen molar-refractivity contribution in [3.63, 3.8) is 0 Å². The molecule has 2 aromatic carbocycles. The second-order valence-corrected chi connectivity index (χ2v) is 7.04. The van der Waals surface area contributed by atoms with Gasteiger partial charge >= 0.3 is 6.03 Å². The molecule has 2 heterocycles. The Balaban J connectivity index is 1.56. The standard InChI is InChI=1S/C20H21N5O4/c26-19(22-14-3-5-15(6-4-14)24-12-9-21-20(24)27)17-13-16(25(28)29)7-8-18(17)23-10-1-2-11-23/h3-8,13H,1-2,9-12H2,(H,21,27)(H,22,26). The van der Waals surface area contributed by atoms with Crippen LogP contribution in [-0.2, 0) is 0 Å². The van der Waals surface area contributed by atoms with Gasteiger partial charge in [-0.15, -0.1) is 0 Å². The summed E-state index contributed by atoms with van der Waals surface area (Å²) in [6.07, 6.45) is 2.06. The number of rotatable bonds is 5. The Morgan fingerprint density at radius 2 is 1.79 bits per heavy atom. The summed E-state index contributed by atoms with van der Waals surface area (Å²) in [7, 11) is 0. The molecule has 0 aliphatic carbocycles. The summed E-state index contributed by atoms with van der Waals surface area (Å²) in [5, 5.41) is 16.7. The van der Waals surface area contributed by atoms with Crippen LogP contribution < -0.4 is 20.4 Å². The Morgan fingerprint density at radius 3 is 2.41 bits per heavy atom. The highest BCUT2D eigenvalue weighted by molar-refractivity contribution is 6.08. The average Bonchev–Trinajstić information content (AvgIpc) is 3.40. The zero-order chi connectivity index (χ0) is 20.4. The second kappa shape index (κ2) is 7.78. The van der Waals surface area contributed by atoms with Gasteiger partial charge in [-0.25, -0.2) is 4.79 Å². The van der Waals surface area contributed by atoms with E-state index in [4.69, 9.17) is 0 Å². The van der Waals surface area contributed by atoms with E-state index in [1.54, 1.807) is 35.2 Å². The molecule has 2 aliphatic heterocycles. The van der Waals surface area contributed by atoms with Gasteiger partial charge in [-0.2, -0.15) is 0 Å². The Kier molecular flexibility index (Phi) is 5.03. The summed E-state index contributed by atoms with van der Waals surface area (Å²) in [5.41, 5.74) is 2.16. The minimum atomic E-state index is -0.500. The van der Waals surface area contributed by atoms with Gasteiger partial charge in [0.25, 0.3) is 11.6 Å². The lowest BCUT2D eigenvalue weighted by Gasteiger charge is -2.21. The van der Waals surface area contributed by atoms with E-state index in [0.717, 1.165) is 31.6 Å². The molecule has 3 amide bonds. The predicted molar refractivity (Wildman–Crippen MR) is 110 cm³/mol. The van der Waals surface area contributed by atoms with Gasteiger partial charge in [-0.1, -0.05) is 0 Å². The van der Waals surface area contributed by atoms with Crippen molar-refractivity contribution >= 4 is 34.7 Å². The maximum absolute atomic E-state index is 12.9. The number of nitrogens with zero attached hydrogens (tertiary/aromatic N) is 3. The Morgan fingerprint density at radius 1 is 1.07 bits per heavy atom. The SMILES string of the molecule is O=C(Nc1ccc(N2CCNC2=O)cc1)c1cc([N+](=O)[O-])ccc1N1CCCC1. The molecule has 2 saturated heterocycles. The molecule has 150 valence electrons. The van der Waals surface area contributed by atoms with Crippen LogP contribution in [0.3, 0.4) is 0 Å². The fraction of sp³-hybridized carbons (Fsp3) is 0.300. The molecule has 2 fully saturated rings. The number of urea groups is 1. The van der Waals surface area contributed by atoms with E-state index in [9.17, 15) is 19.7 Å². The number of carbonyl (C=O) groups excluding carboxylic acids is 2. The molecule has 9 heteroatoms. The third-order valence-electron chi connectivity index (χ3n) is 5.18. The first-order valence-electron chi connectivity index (χ1n) is 9.53. The van der Waals surface area contributed by atoms with Crippen LogP contribution in [0, 0.1) is 10.1 Å². The quantitative estimate of drug-likeness (QED) is 0.598. The highest BCUT2D eigenvalue weighted by Crippen LogP contribution is 2.29. The van der Waals surface area contributed by atoms with Crippen molar-refractivity contribution in [3.8, 4) is 0 Å². The maximum Gasteiger partial charge on any atom is 0.321 e. The summed E-state index contributed by atoms with van der Waals surface area (Å²) in [4.78, 5) is 39.1.